The average Bonchev–Trinajstić information content (AvgIpc) is 2.77. The molecule has 6 heteroatoms. The smallest absolute Gasteiger partial charge is 0.223 e. The molecular formula is C16H29N5O. The summed E-state index contributed by atoms with van der Waals surface area (Å²) >= 11 is 0. The van der Waals surface area contributed by atoms with Gasteiger partial charge in [0.25, 0.3) is 0 Å². The Balaban J connectivity index is 1.95. The van der Waals surface area contributed by atoms with Crippen LogP contribution < -0.4 is 5.32 Å². The first-order valence-electron chi connectivity index (χ1n) is 8.42. The molecule has 1 aromatic rings. The minimum absolute atomic E-state index is 0.0491. The van der Waals surface area contributed by atoms with E-state index in [1.807, 2.05) is 13.8 Å². The molecule has 0 aromatic carbocycles. The normalized spacial score (nSPS) is 17.1. The minimum atomic E-state index is 0.0491. The maximum absolute atomic E-state index is 11.9. The van der Waals surface area contributed by atoms with Crippen LogP contribution in [0, 0.1) is 11.8 Å². The number of nitrogens with zero attached hydrogens (tertiary/aromatic N) is 4. The maximum atomic E-state index is 11.9. The lowest BCUT2D eigenvalue weighted by Crippen LogP contribution is -2.31. The van der Waals surface area contributed by atoms with Gasteiger partial charge in [0.15, 0.2) is 5.82 Å². The van der Waals surface area contributed by atoms with Crippen LogP contribution >= 0.6 is 0 Å². The number of rotatable bonds is 6. The molecule has 22 heavy (non-hydrogen) atoms. The Labute approximate surface area is 133 Å². The quantitative estimate of drug-likeness (QED) is 0.864. The summed E-state index contributed by atoms with van der Waals surface area (Å²) in [6, 6.07) is 0. The largest absolute Gasteiger partial charge is 0.349 e. The monoisotopic (exact) mass is 307 g/mol. The number of aromatic nitrogens is 3. The van der Waals surface area contributed by atoms with E-state index in [-0.39, 0.29) is 11.8 Å². The van der Waals surface area contributed by atoms with E-state index in [0.29, 0.717) is 12.5 Å². The third-order valence-corrected chi connectivity index (χ3v) is 4.30. The molecule has 1 aromatic heterocycles. The second-order valence-corrected chi connectivity index (χ2v) is 6.66. The SMILES string of the molecule is CCC(C)C(=O)NCc1nnc2n1CCN(CC(C)C)CC2. The van der Waals surface area contributed by atoms with E-state index < -0.39 is 0 Å². The van der Waals surface area contributed by atoms with Crippen molar-refractivity contribution in [1.29, 1.82) is 0 Å². The van der Waals surface area contributed by atoms with Crippen LogP contribution in [0.2, 0.25) is 0 Å². The number of amides is 1. The third kappa shape index (κ3) is 4.29. The van der Waals surface area contributed by atoms with Crippen molar-refractivity contribution in [3.63, 3.8) is 0 Å². The highest BCUT2D eigenvalue weighted by atomic mass is 16.1. The van der Waals surface area contributed by atoms with Gasteiger partial charge in [-0.1, -0.05) is 27.7 Å². The lowest BCUT2D eigenvalue weighted by Gasteiger charge is -2.21. The lowest BCUT2D eigenvalue weighted by atomic mass is 10.1. The van der Waals surface area contributed by atoms with Crippen molar-refractivity contribution in [2.24, 2.45) is 11.8 Å². The van der Waals surface area contributed by atoms with Crippen molar-refractivity contribution < 1.29 is 4.79 Å². The molecule has 2 heterocycles. The van der Waals surface area contributed by atoms with Crippen LogP contribution in [-0.2, 0) is 24.3 Å². The van der Waals surface area contributed by atoms with Gasteiger partial charge in [0.1, 0.15) is 5.82 Å². The van der Waals surface area contributed by atoms with Gasteiger partial charge in [-0.3, -0.25) is 4.79 Å². The summed E-state index contributed by atoms with van der Waals surface area (Å²) in [6.45, 7) is 13.0. The van der Waals surface area contributed by atoms with E-state index in [0.717, 1.165) is 50.7 Å². The van der Waals surface area contributed by atoms with E-state index in [1.54, 1.807) is 0 Å². The molecule has 1 aliphatic rings. The molecule has 1 amide bonds. The van der Waals surface area contributed by atoms with Gasteiger partial charge in [-0.25, -0.2) is 0 Å². The Bertz CT molecular complexity index is 497. The van der Waals surface area contributed by atoms with Crippen LogP contribution in [0.5, 0.6) is 0 Å². The summed E-state index contributed by atoms with van der Waals surface area (Å²) in [5.41, 5.74) is 0. The van der Waals surface area contributed by atoms with Gasteiger partial charge in [0, 0.05) is 38.5 Å². The first-order chi connectivity index (χ1) is 10.5. The molecule has 1 aliphatic heterocycles. The van der Waals surface area contributed by atoms with Crippen LogP contribution in [-0.4, -0.2) is 45.2 Å². The Morgan fingerprint density at radius 3 is 2.68 bits per heavy atom. The Morgan fingerprint density at radius 1 is 1.23 bits per heavy atom. The number of fused-ring (bicyclic) bond motifs is 1. The fourth-order valence-corrected chi connectivity index (χ4v) is 2.78. The number of carbonyl (C=O) groups excluding carboxylic acids is 1. The van der Waals surface area contributed by atoms with Gasteiger partial charge in [0.2, 0.25) is 5.91 Å². The first kappa shape index (κ1) is 16.9. The van der Waals surface area contributed by atoms with E-state index in [1.165, 1.54) is 0 Å². The second kappa shape index (κ2) is 7.72. The van der Waals surface area contributed by atoms with Gasteiger partial charge in [-0.15, -0.1) is 10.2 Å². The van der Waals surface area contributed by atoms with Gasteiger partial charge in [-0.2, -0.15) is 0 Å². The summed E-state index contributed by atoms with van der Waals surface area (Å²) in [5.74, 6) is 2.73. The van der Waals surface area contributed by atoms with Crippen LogP contribution in [0.15, 0.2) is 0 Å². The molecule has 0 fully saturated rings. The zero-order valence-corrected chi connectivity index (χ0v) is 14.3. The fourth-order valence-electron chi connectivity index (χ4n) is 2.78. The van der Waals surface area contributed by atoms with E-state index in [4.69, 9.17) is 0 Å². The topological polar surface area (TPSA) is 63.1 Å². The molecule has 0 saturated heterocycles. The van der Waals surface area contributed by atoms with E-state index in [9.17, 15) is 4.79 Å². The average molecular weight is 307 g/mol. The number of hydrogen-bond acceptors (Lipinski definition) is 4. The molecule has 0 radical (unpaired) electrons. The highest BCUT2D eigenvalue weighted by Crippen LogP contribution is 2.11. The Morgan fingerprint density at radius 2 is 2.00 bits per heavy atom. The predicted octanol–water partition coefficient (Wildman–Crippen LogP) is 1.45. The number of hydrogen-bond donors (Lipinski definition) is 1. The van der Waals surface area contributed by atoms with E-state index >= 15 is 0 Å². The van der Waals surface area contributed by atoms with E-state index in [2.05, 4.69) is 38.8 Å². The second-order valence-electron chi connectivity index (χ2n) is 6.66. The molecule has 1 unspecified atom stereocenters. The molecule has 0 spiro atoms. The summed E-state index contributed by atoms with van der Waals surface area (Å²) in [5, 5.41) is 11.5. The zero-order valence-electron chi connectivity index (χ0n) is 14.3. The molecule has 1 atom stereocenters. The predicted molar refractivity (Wildman–Crippen MR) is 86.3 cm³/mol. The molecule has 0 saturated carbocycles. The summed E-state index contributed by atoms with van der Waals surface area (Å²) in [7, 11) is 0. The van der Waals surface area contributed by atoms with Gasteiger partial charge in [-0.05, 0) is 12.3 Å². The van der Waals surface area contributed by atoms with Crippen molar-refractivity contribution in [3.8, 4) is 0 Å². The van der Waals surface area contributed by atoms with Crippen molar-refractivity contribution in [1.82, 2.24) is 25.0 Å². The first-order valence-corrected chi connectivity index (χ1v) is 8.42. The molecule has 0 bridgehead atoms. The van der Waals surface area contributed by atoms with Crippen molar-refractivity contribution in [2.75, 3.05) is 19.6 Å². The molecular weight excluding hydrogens is 278 g/mol. The van der Waals surface area contributed by atoms with Crippen molar-refractivity contribution in [2.45, 2.75) is 53.6 Å². The summed E-state index contributed by atoms with van der Waals surface area (Å²) < 4.78 is 2.18. The highest BCUT2D eigenvalue weighted by molar-refractivity contribution is 5.78. The fraction of sp³-hybridized carbons (Fsp3) is 0.812. The molecule has 6 nitrogen and oxygen atoms in total. The zero-order chi connectivity index (χ0) is 16.1. The lowest BCUT2D eigenvalue weighted by molar-refractivity contribution is -0.124. The highest BCUT2D eigenvalue weighted by Gasteiger charge is 2.19. The van der Waals surface area contributed by atoms with Crippen LogP contribution in [0.3, 0.4) is 0 Å². The summed E-state index contributed by atoms with van der Waals surface area (Å²) in [6.07, 6.45) is 1.78. The van der Waals surface area contributed by atoms with Gasteiger partial charge >= 0.3 is 0 Å². The third-order valence-electron chi connectivity index (χ3n) is 4.30. The standard InChI is InChI=1S/C16H29N5O/c1-5-13(4)16(22)17-10-15-19-18-14-6-7-20(11-12(2)3)8-9-21(14)15/h12-13H,5-11H2,1-4H3,(H,17,22). The van der Waals surface area contributed by atoms with Crippen LogP contribution in [0.25, 0.3) is 0 Å². The summed E-state index contributed by atoms with van der Waals surface area (Å²) in [4.78, 5) is 14.4. The minimum Gasteiger partial charge on any atom is -0.349 e. The Kier molecular flexibility index (Phi) is 5.94. The van der Waals surface area contributed by atoms with Crippen LogP contribution in [0.4, 0.5) is 0 Å². The number of nitrogens with one attached hydrogen (secondary N) is 1. The van der Waals surface area contributed by atoms with Crippen LogP contribution in [0.1, 0.15) is 45.8 Å². The molecule has 2 rings (SSSR count). The van der Waals surface area contributed by atoms with Gasteiger partial charge < -0.3 is 14.8 Å². The Hall–Kier alpha value is -1.43. The van der Waals surface area contributed by atoms with Crippen molar-refractivity contribution >= 4 is 5.91 Å². The number of carbonyl (C=O) groups is 1. The maximum Gasteiger partial charge on any atom is 0.223 e. The molecule has 1 N–H and O–H groups in total. The van der Waals surface area contributed by atoms with Crippen molar-refractivity contribution in [3.05, 3.63) is 11.6 Å². The molecule has 0 aliphatic carbocycles. The van der Waals surface area contributed by atoms with Gasteiger partial charge in [0.05, 0.1) is 6.54 Å². The molecule has 124 valence electrons.